The lowest BCUT2D eigenvalue weighted by molar-refractivity contribution is -0.138. The Kier molecular flexibility index (Phi) is 6.94. The minimum atomic E-state index is -4.88. The molecule has 0 aliphatic carbocycles. The number of carbonyl (C=O) groups excluding carboxylic acids is 1. The number of hydrogen-bond acceptors (Lipinski definition) is 7. The summed E-state index contributed by atoms with van der Waals surface area (Å²) in [5.41, 5.74) is -3.65. The third-order valence-electron chi connectivity index (χ3n) is 5.34. The maximum atomic E-state index is 13.2. The molecule has 0 spiro atoms. The smallest absolute Gasteiger partial charge is 0.378 e. The van der Waals surface area contributed by atoms with Crippen LogP contribution >= 0.6 is 0 Å². The van der Waals surface area contributed by atoms with Crippen LogP contribution in [0.25, 0.3) is 0 Å². The number of aromatic nitrogens is 5. The second-order valence-corrected chi connectivity index (χ2v) is 8.15. The number of ether oxygens (including phenoxy) is 1. The number of halogens is 6. The van der Waals surface area contributed by atoms with Gasteiger partial charge in [0.05, 0.1) is 42.9 Å². The van der Waals surface area contributed by atoms with E-state index < -0.39 is 46.7 Å². The summed E-state index contributed by atoms with van der Waals surface area (Å²) in [7, 11) is 0. The van der Waals surface area contributed by atoms with Crippen LogP contribution in [0.1, 0.15) is 34.2 Å². The van der Waals surface area contributed by atoms with Gasteiger partial charge in [0.1, 0.15) is 17.1 Å². The van der Waals surface area contributed by atoms with Gasteiger partial charge in [-0.1, -0.05) is 0 Å². The van der Waals surface area contributed by atoms with Gasteiger partial charge in [-0.2, -0.15) is 36.5 Å². The zero-order valence-corrected chi connectivity index (χ0v) is 19.0. The summed E-state index contributed by atoms with van der Waals surface area (Å²) in [6.45, 7) is 1.80. The zero-order valence-electron chi connectivity index (χ0n) is 19.0. The Morgan fingerprint density at radius 1 is 1.11 bits per heavy atom. The predicted octanol–water partition coefficient (Wildman–Crippen LogP) is 3.08. The van der Waals surface area contributed by atoms with Gasteiger partial charge < -0.3 is 10.1 Å². The maximum Gasteiger partial charge on any atom is 0.423 e. The first-order valence-electron chi connectivity index (χ1n) is 10.8. The van der Waals surface area contributed by atoms with Crippen molar-refractivity contribution in [2.24, 2.45) is 0 Å². The Hall–Kier alpha value is -3.95. The summed E-state index contributed by atoms with van der Waals surface area (Å²) in [6, 6.07) is 2.77. The number of H-pyrrole nitrogens is 1. The molecule has 3 aromatic rings. The van der Waals surface area contributed by atoms with Crippen molar-refractivity contribution in [3.05, 3.63) is 63.5 Å². The molecule has 37 heavy (non-hydrogen) atoms. The second-order valence-electron chi connectivity index (χ2n) is 8.15. The molecule has 4 heterocycles. The van der Waals surface area contributed by atoms with Crippen molar-refractivity contribution in [1.82, 2.24) is 25.0 Å². The summed E-state index contributed by atoms with van der Waals surface area (Å²) >= 11 is 0. The summed E-state index contributed by atoms with van der Waals surface area (Å²) < 4.78 is 84.8. The Labute approximate surface area is 204 Å². The minimum absolute atomic E-state index is 0.0654. The number of anilines is 2. The number of hydrogen-bond donors (Lipinski definition) is 2. The molecule has 2 N–H and O–H groups in total. The predicted molar refractivity (Wildman–Crippen MR) is 116 cm³/mol. The number of alkyl halides is 6. The van der Waals surface area contributed by atoms with Crippen LogP contribution in [-0.2, 0) is 30.2 Å². The minimum Gasteiger partial charge on any atom is -0.378 e. The van der Waals surface area contributed by atoms with Crippen molar-refractivity contribution in [3.8, 4) is 0 Å². The van der Waals surface area contributed by atoms with Crippen molar-refractivity contribution in [3.63, 3.8) is 0 Å². The summed E-state index contributed by atoms with van der Waals surface area (Å²) in [4.78, 5) is 29.4. The molecule has 0 radical (unpaired) electrons. The van der Waals surface area contributed by atoms with Gasteiger partial charge in [-0.3, -0.25) is 19.2 Å². The Morgan fingerprint density at radius 3 is 2.51 bits per heavy atom. The fraction of sp³-hybridized carbons (Fsp3) is 0.381. The molecule has 0 aromatic carbocycles. The molecule has 1 aliphatic rings. The molecular formula is C21H19F6N7O3. The van der Waals surface area contributed by atoms with E-state index in [1.54, 1.807) is 5.10 Å². The molecular weight excluding hydrogens is 512 g/mol. The highest BCUT2D eigenvalue weighted by Crippen LogP contribution is 2.32. The van der Waals surface area contributed by atoms with E-state index in [1.807, 2.05) is 0 Å². The molecule has 0 saturated heterocycles. The van der Waals surface area contributed by atoms with Gasteiger partial charge in [0.15, 0.2) is 0 Å². The average molecular weight is 531 g/mol. The third kappa shape index (κ3) is 5.73. The van der Waals surface area contributed by atoms with Crippen LogP contribution in [-0.4, -0.2) is 50.1 Å². The second kappa shape index (κ2) is 9.84. The topological polar surface area (TPSA) is 118 Å². The van der Waals surface area contributed by atoms with Gasteiger partial charge in [-0.15, -0.1) is 0 Å². The average Bonchev–Trinajstić information content (AvgIpc) is 3.22. The van der Waals surface area contributed by atoms with E-state index >= 15 is 0 Å². The highest BCUT2D eigenvalue weighted by Gasteiger charge is 2.37. The van der Waals surface area contributed by atoms with Crippen LogP contribution in [0.2, 0.25) is 0 Å². The number of pyridine rings is 1. The fourth-order valence-corrected chi connectivity index (χ4v) is 3.69. The van der Waals surface area contributed by atoms with Crippen molar-refractivity contribution >= 4 is 17.4 Å². The van der Waals surface area contributed by atoms with Gasteiger partial charge in [0.25, 0.3) is 11.5 Å². The van der Waals surface area contributed by atoms with Crippen molar-refractivity contribution < 1.29 is 35.9 Å². The van der Waals surface area contributed by atoms with Crippen LogP contribution in [0.5, 0.6) is 0 Å². The molecule has 1 atom stereocenters. The van der Waals surface area contributed by atoms with E-state index in [9.17, 15) is 35.9 Å². The van der Waals surface area contributed by atoms with Crippen molar-refractivity contribution in [2.75, 3.05) is 23.4 Å². The van der Waals surface area contributed by atoms with Crippen molar-refractivity contribution in [2.45, 2.75) is 38.5 Å². The standard InChI is InChI=1S/C21H19F6N7O3/c1-11(30-14-8-29-31-18(35)17(14)21(25,26)27)9-37-10-13-6-15-19(36)33(4-5-34(15)32-13)16-3-2-12(7-28-16)20(22,23)24/h2-3,6-8,11H,4-5,9-10H2,1H3,(H2,30,31,35). The normalized spacial score (nSPS) is 15.0. The zero-order chi connectivity index (χ0) is 27.0. The first-order valence-corrected chi connectivity index (χ1v) is 10.8. The highest BCUT2D eigenvalue weighted by atomic mass is 19.4. The Morgan fingerprint density at radius 2 is 1.86 bits per heavy atom. The number of fused-ring (bicyclic) bond motifs is 1. The van der Waals surface area contributed by atoms with Gasteiger partial charge in [0, 0.05) is 18.8 Å². The highest BCUT2D eigenvalue weighted by molar-refractivity contribution is 6.05. The summed E-state index contributed by atoms with van der Waals surface area (Å²) in [5, 5.41) is 11.9. The van der Waals surface area contributed by atoms with Gasteiger partial charge in [-0.25, -0.2) is 10.1 Å². The van der Waals surface area contributed by atoms with Crippen LogP contribution in [0.15, 0.2) is 35.4 Å². The monoisotopic (exact) mass is 531 g/mol. The molecule has 0 saturated carbocycles. The molecule has 0 bridgehead atoms. The molecule has 4 rings (SSSR count). The summed E-state index contributed by atoms with van der Waals surface area (Å²) in [5.74, 6) is -0.440. The van der Waals surface area contributed by atoms with Crippen LogP contribution < -0.4 is 15.8 Å². The van der Waals surface area contributed by atoms with Crippen molar-refractivity contribution in [1.29, 1.82) is 0 Å². The number of nitrogens with zero attached hydrogens (tertiary/aromatic N) is 5. The van der Waals surface area contributed by atoms with Gasteiger partial charge in [-0.05, 0) is 25.1 Å². The number of aromatic amines is 1. The molecule has 10 nitrogen and oxygen atoms in total. The lowest BCUT2D eigenvalue weighted by Crippen LogP contribution is -2.41. The van der Waals surface area contributed by atoms with E-state index in [0.717, 1.165) is 18.3 Å². The third-order valence-corrected chi connectivity index (χ3v) is 5.34. The fourth-order valence-electron chi connectivity index (χ4n) is 3.69. The van der Waals surface area contributed by atoms with Gasteiger partial charge >= 0.3 is 12.4 Å². The Balaban J connectivity index is 1.36. The molecule has 3 aromatic heterocycles. The molecule has 198 valence electrons. The molecule has 16 heteroatoms. The van der Waals surface area contributed by atoms with E-state index in [0.29, 0.717) is 11.9 Å². The molecule has 1 amide bonds. The molecule has 1 aliphatic heterocycles. The number of amides is 1. The lowest BCUT2D eigenvalue weighted by atomic mass is 10.2. The quantitative estimate of drug-likeness (QED) is 0.450. The van der Waals surface area contributed by atoms with Crippen LogP contribution in [0, 0.1) is 0 Å². The number of rotatable bonds is 7. The first-order chi connectivity index (χ1) is 17.3. The molecule has 1 unspecified atom stereocenters. The van der Waals surface area contributed by atoms with E-state index in [1.165, 1.54) is 22.6 Å². The van der Waals surface area contributed by atoms with E-state index in [4.69, 9.17) is 4.74 Å². The van der Waals surface area contributed by atoms with E-state index in [-0.39, 0.29) is 37.8 Å². The number of nitrogens with one attached hydrogen (secondary N) is 2. The number of carbonyl (C=O) groups is 1. The lowest BCUT2D eigenvalue weighted by Gasteiger charge is -2.26. The summed E-state index contributed by atoms with van der Waals surface area (Å²) in [6.07, 6.45) is -7.92. The SMILES string of the molecule is CC(COCc1cc2n(n1)CCN(c1ccc(C(F)(F)F)cn1)C2=O)Nc1cn[nH]c(=O)c1C(F)(F)F. The largest absolute Gasteiger partial charge is 0.423 e. The van der Waals surface area contributed by atoms with Gasteiger partial charge in [0.2, 0.25) is 0 Å². The van der Waals surface area contributed by atoms with E-state index in [2.05, 4.69) is 20.5 Å². The van der Waals surface area contributed by atoms with Crippen LogP contribution in [0.4, 0.5) is 37.8 Å². The maximum absolute atomic E-state index is 13.2. The first kappa shape index (κ1) is 26.1. The Bertz CT molecular complexity index is 1330. The molecule has 0 fully saturated rings. The van der Waals surface area contributed by atoms with Crippen LogP contribution in [0.3, 0.4) is 0 Å².